The van der Waals surface area contributed by atoms with Crippen LogP contribution >= 0.6 is 11.8 Å². The third kappa shape index (κ3) is 12.3. The second kappa shape index (κ2) is 14.8. The molecule has 0 bridgehead atoms. The van der Waals surface area contributed by atoms with E-state index in [0.29, 0.717) is 11.5 Å². The number of carbonyl (C=O) groups is 1. The minimum Gasteiger partial charge on any atom is -0.287 e. The lowest BCUT2D eigenvalue weighted by Gasteiger charge is -2.03. The molecule has 0 saturated heterocycles. The van der Waals surface area contributed by atoms with Crippen LogP contribution in [0.15, 0.2) is 30.3 Å². The molecule has 0 radical (unpaired) electrons. The quantitative estimate of drug-likeness (QED) is 0.348. The van der Waals surface area contributed by atoms with Gasteiger partial charge in [0.25, 0.3) is 0 Å². The molecule has 130 valence electrons. The molecule has 1 rings (SSSR count). The molecule has 0 saturated carbocycles. The van der Waals surface area contributed by atoms with Crippen LogP contribution in [0.3, 0.4) is 0 Å². The van der Waals surface area contributed by atoms with Gasteiger partial charge in [-0.05, 0) is 18.4 Å². The molecule has 0 aliphatic carbocycles. The lowest BCUT2D eigenvalue weighted by molar-refractivity contribution is -0.110. The smallest absolute Gasteiger partial charge is 0.189 e. The summed E-state index contributed by atoms with van der Waals surface area (Å²) < 4.78 is 0. The van der Waals surface area contributed by atoms with Crippen molar-refractivity contribution in [2.75, 3.05) is 5.75 Å². The zero-order chi connectivity index (χ0) is 16.6. The summed E-state index contributed by atoms with van der Waals surface area (Å²) in [5.41, 5.74) is 1.26. The van der Waals surface area contributed by atoms with E-state index in [-0.39, 0.29) is 0 Å². The number of carbonyl (C=O) groups excluding carboxylic acids is 1. The number of thioether (sulfide) groups is 1. The monoisotopic (exact) mass is 334 g/mol. The van der Waals surface area contributed by atoms with Crippen molar-refractivity contribution < 1.29 is 4.79 Å². The summed E-state index contributed by atoms with van der Waals surface area (Å²) in [6.45, 7) is 2.27. The third-order valence-corrected chi connectivity index (χ3v) is 5.24. The molecular weight excluding hydrogens is 300 g/mol. The molecule has 1 nitrogen and oxygen atoms in total. The van der Waals surface area contributed by atoms with Crippen LogP contribution in [0.1, 0.15) is 83.1 Å². The number of aryl methyl sites for hydroxylation is 1. The summed E-state index contributed by atoms with van der Waals surface area (Å²) in [4.78, 5) is 11.8. The van der Waals surface area contributed by atoms with Gasteiger partial charge in [-0.2, -0.15) is 0 Å². The van der Waals surface area contributed by atoms with Crippen molar-refractivity contribution in [2.45, 2.75) is 84.0 Å². The van der Waals surface area contributed by atoms with Gasteiger partial charge in [0.05, 0.1) is 0 Å². The predicted molar refractivity (Wildman–Crippen MR) is 104 cm³/mol. The fourth-order valence-electron chi connectivity index (χ4n) is 2.74. The summed E-state index contributed by atoms with van der Waals surface area (Å²) in [5, 5.41) is 0.352. The molecule has 0 amide bonds. The number of benzene rings is 1. The average molecular weight is 335 g/mol. The number of hydrogen-bond acceptors (Lipinski definition) is 2. The molecule has 0 heterocycles. The number of unbranched alkanes of at least 4 members (excludes halogenated alkanes) is 9. The Morgan fingerprint density at radius 2 is 1.39 bits per heavy atom. The average Bonchev–Trinajstić information content (AvgIpc) is 2.59. The second-order valence-electron chi connectivity index (χ2n) is 6.39. The molecule has 0 N–H and O–H groups in total. The van der Waals surface area contributed by atoms with Crippen molar-refractivity contribution in [3.63, 3.8) is 0 Å². The fourth-order valence-corrected chi connectivity index (χ4v) is 3.56. The Hall–Kier alpha value is -0.760. The molecule has 23 heavy (non-hydrogen) atoms. The molecule has 1 aromatic rings. The lowest BCUT2D eigenvalue weighted by Crippen LogP contribution is -1.96. The first-order valence-corrected chi connectivity index (χ1v) is 10.5. The second-order valence-corrected chi connectivity index (χ2v) is 7.54. The maximum absolute atomic E-state index is 11.8. The Labute approximate surface area is 147 Å². The molecule has 0 atom stereocenters. The van der Waals surface area contributed by atoms with E-state index in [1.54, 1.807) is 0 Å². The lowest BCUT2D eigenvalue weighted by atomic mass is 10.1. The largest absolute Gasteiger partial charge is 0.287 e. The van der Waals surface area contributed by atoms with Crippen LogP contribution < -0.4 is 0 Å². The standard InChI is InChI=1S/C21H34OS/c1-2-3-4-5-6-7-8-9-10-14-19-23-21(22)18-17-20-15-12-11-13-16-20/h11-13,15-16H,2-10,14,17-19H2,1H3. The van der Waals surface area contributed by atoms with E-state index in [0.717, 1.165) is 12.2 Å². The Kier molecular flexibility index (Phi) is 13.1. The van der Waals surface area contributed by atoms with Gasteiger partial charge in [-0.25, -0.2) is 0 Å². The van der Waals surface area contributed by atoms with Crippen LogP contribution in [0.4, 0.5) is 0 Å². The molecule has 0 aliphatic heterocycles. The Balaban J connectivity index is 1.84. The summed E-state index contributed by atoms with van der Waals surface area (Å²) in [6.07, 6.45) is 15.1. The van der Waals surface area contributed by atoms with Crippen molar-refractivity contribution in [3.8, 4) is 0 Å². The van der Waals surface area contributed by atoms with Crippen LogP contribution in [0.2, 0.25) is 0 Å². The van der Waals surface area contributed by atoms with Crippen LogP contribution in [0.25, 0.3) is 0 Å². The van der Waals surface area contributed by atoms with E-state index in [4.69, 9.17) is 0 Å². The van der Waals surface area contributed by atoms with Crippen LogP contribution in [0, 0.1) is 0 Å². The Morgan fingerprint density at radius 3 is 2.00 bits per heavy atom. The van der Waals surface area contributed by atoms with Gasteiger partial charge in [-0.1, -0.05) is 107 Å². The Morgan fingerprint density at radius 1 is 0.826 bits per heavy atom. The normalized spacial score (nSPS) is 10.8. The number of hydrogen-bond donors (Lipinski definition) is 0. The predicted octanol–water partition coefficient (Wildman–Crippen LogP) is 6.80. The highest BCUT2D eigenvalue weighted by atomic mass is 32.2. The van der Waals surface area contributed by atoms with E-state index in [1.807, 2.05) is 18.2 Å². The van der Waals surface area contributed by atoms with E-state index >= 15 is 0 Å². The number of rotatable bonds is 14. The third-order valence-electron chi connectivity index (χ3n) is 4.22. The maximum Gasteiger partial charge on any atom is 0.189 e. The summed E-state index contributed by atoms with van der Waals surface area (Å²) in [6, 6.07) is 10.3. The minimum atomic E-state index is 0.352. The molecular formula is C21H34OS. The van der Waals surface area contributed by atoms with Gasteiger partial charge in [0.1, 0.15) is 0 Å². The molecule has 2 heteroatoms. The topological polar surface area (TPSA) is 17.1 Å². The minimum absolute atomic E-state index is 0.352. The van der Waals surface area contributed by atoms with E-state index in [2.05, 4.69) is 19.1 Å². The first-order chi connectivity index (χ1) is 11.3. The molecule has 0 fully saturated rings. The van der Waals surface area contributed by atoms with Crippen molar-refractivity contribution >= 4 is 16.9 Å². The molecule has 0 spiro atoms. The van der Waals surface area contributed by atoms with Gasteiger partial charge in [-0.15, -0.1) is 0 Å². The zero-order valence-electron chi connectivity index (χ0n) is 14.9. The molecule has 0 aliphatic rings. The van der Waals surface area contributed by atoms with Gasteiger partial charge in [0.2, 0.25) is 0 Å². The van der Waals surface area contributed by atoms with Crippen molar-refractivity contribution in [1.29, 1.82) is 0 Å². The van der Waals surface area contributed by atoms with E-state index in [9.17, 15) is 4.79 Å². The zero-order valence-corrected chi connectivity index (χ0v) is 15.7. The fraction of sp³-hybridized carbons (Fsp3) is 0.667. The van der Waals surface area contributed by atoms with Crippen molar-refractivity contribution in [3.05, 3.63) is 35.9 Å². The van der Waals surface area contributed by atoms with Crippen LogP contribution in [0.5, 0.6) is 0 Å². The van der Waals surface area contributed by atoms with Gasteiger partial charge in [-0.3, -0.25) is 4.79 Å². The van der Waals surface area contributed by atoms with Gasteiger partial charge in [0, 0.05) is 12.2 Å². The van der Waals surface area contributed by atoms with Crippen LogP contribution in [-0.2, 0) is 11.2 Å². The first kappa shape index (κ1) is 20.3. The SMILES string of the molecule is CCCCCCCCCCCCSC(=O)CCc1ccccc1. The highest BCUT2D eigenvalue weighted by Gasteiger charge is 2.03. The maximum atomic E-state index is 11.8. The van der Waals surface area contributed by atoms with Gasteiger partial charge in [0.15, 0.2) is 5.12 Å². The summed E-state index contributed by atoms with van der Waals surface area (Å²) >= 11 is 1.53. The van der Waals surface area contributed by atoms with Crippen LogP contribution in [-0.4, -0.2) is 10.9 Å². The molecule has 0 unspecified atom stereocenters. The van der Waals surface area contributed by atoms with Crippen molar-refractivity contribution in [1.82, 2.24) is 0 Å². The summed E-state index contributed by atoms with van der Waals surface area (Å²) in [7, 11) is 0. The highest BCUT2D eigenvalue weighted by molar-refractivity contribution is 8.13. The summed E-state index contributed by atoms with van der Waals surface area (Å²) in [5.74, 6) is 1.00. The molecule has 1 aromatic carbocycles. The first-order valence-electron chi connectivity index (χ1n) is 9.52. The Bertz CT molecular complexity index is 388. The highest BCUT2D eigenvalue weighted by Crippen LogP contribution is 2.14. The van der Waals surface area contributed by atoms with E-state index < -0.39 is 0 Å². The van der Waals surface area contributed by atoms with Gasteiger partial charge >= 0.3 is 0 Å². The van der Waals surface area contributed by atoms with Crippen molar-refractivity contribution in [2.24, 2.45) is 0 Å². The van der Waals surface area contributed by atoms with Gasteiger partial charge < -0.3 is 0 Å². The molecule has 0 aromatic heterocycles. The van der Waals surface area contributed by atoms with E-state index in [1.165, 1.54) is 81.5 Å².